The lowest BCUT2D eigenvalue weighted by Gasteiger charge is -2.41. The van der Waals surface area contributed by atoms with Crippen LogP contribution in [0.25, 0.3) is 0 Å². The van der Waals surface area contributed by atoms with Gasteiger partial charge in [0.2, 0.25) is 5.91 Å². The first-order chi connectivity index (χ1) is 10.1. The molecule has 4 nitrogen and oxygen atoms in total. The first-order valence-electron chi connectivity index (χ1n) is 7.87. The Kier molecular flexibility index (Phi) is 5.76. The molecule has 1 heterocycles. The summed E-state index contributed by atoms with van der Waals surface area (Å²) in [4.78, 5) is 17.1. The van der Waals surface area contributed by atoms with Crippen molar-refractivity contribution in [2.45, 2.75) is 25.8 Å². The van der Waals surface area contributed by atoms with Gasteiger partial charge in [0.05, 0.1) is 6.04 Å². The van der Waals surface area contributed by atoms with E-state index in [1.807, 2.05) is 25.1 Å². The molecule has 1 aliphatic rings. The van der Waals surface area contributed by atoms with Crippen LogP contribution in [0.4, 0.5) is 0 Å². The zero-order valence-electron chi connectivity index (χ0n) is 13.2. The molecule has 1 aromatic carbocycles. The van der Waals surface area contributed by atoms with Crippen LogP contribution >= 0.6 is 0 Å². The van der Waals surface area contributed by atoms with Crippen LogP contribution in [0.3, 0.4) is 0 Å². The molecule has 0 aromatic heterocycles. The van der Waals surface area contributed by atoms with Crippen molar-refractivity contribution >= 4 is 5.91 Å². The molecule has 2 rings (SSSR count). The number of carbonyl (C=O) groups is 1. The summed E-state index contributed by atoms with van der Waals surface area (Å²) in [5.41, 5.74) is 6.79. The third kappa shape index (κ3) is 4.05. The Morgan fingerprint density at radius 1 is 1.33 bits per heavy atom. The van der Waals surface area contributed by atoms with E-state index in [2.05, 4.69) is 29.0 Å². The maximum absolute atomic E-state index is 12.8. The van der Waals surface area contributed by atoms with Crippen LogP contribution in [-0.4, -0.2) is 48.9 Å². The first-order valence-corrected chi connectivity index (χ1v) is 7.87. The van der Waals surface area contributed by atoms with Gasteiger partial charge in [-0.1, -0.05) is 37.3 Å². The highest BCUT2D eigenvalue weighted by Crippen LogP contribution is 2.27. The smallest absolute Gasteiger partial charge is 0.226 e. The van der Waals surface area contributed by atoms with Crippen molar-refractivity contribution in [3.8, 4) is 0 Å². The maximum atomic E-state index is 12.8. The average Bonchev–Trinajstić information content (AvgIpc) is 2.52. The molecule has 2 atom stereocenters. The molecule has 4 heteroatoms. The van der Waals surface area contributed by atoms with Gasteiger partial charge in [0.1, 0.15) is 0 Å². The Labute approximate surface area is 127 Å². The molecular weight excluding hydrogens is 262 g/mol. The van der Waals surface area contributed by atoms with E-state index in [1.165, 1.54) is 5.56 Å². The van der Waals surface area contributed by atoms with Crippen molar-refractivity contribution in [1.82, 2.24) is 9.80 Å². The summed E-state index contributed by atoms with van der Waals surface area (Å²) in [6, 6.07) is 10.5. The second kappa shape index (κ2) is 7.57. The second-order valence-corrected chi connectivity index (χ2v) is 6.05. The fourth-order valence-electron chi connectivity index (χ4n) is 2.97. The van der Waals surface area contributed by atoms with E-state index in [-0.39, 0.29) is 17.9 Å². The Balaban J connectivity index is 2.13. The third-order valence-electron chi connectivity index (χ3n) is 4.31. The molecule has 0 bridgehead atoms. The number of nitrogens with zero attached hydrogens (tertiary/aromatic N) is 2. The standard InChI is InChI=1S/C17H27N3O/c1-14(7-6-10-18)17(21)20-12-11-19(2)13-16(20)15-8-4-3-5-9-15/h3-5,8-9,14,16H,6-7,10-13,18H2,1-2H3. The Hall–Kier alpha value is -1.39. The number of likely N-dealkylation sites (N-methyl/N-ethyl adjacent to an activating group) is 1. The molecule has 0 radical (unpaired) electrons. The Morgan fingerprint density at radius 3 is 2.71 bits per heavy atom. The minimum absolute atomic E-state index is 0.0585. The minimum atomic E-state index is 0.0585. The molecule has 21 heavy (non-hydrogen) atoms. The fourth-order valence-corrected chi connectivity index (χ4v) is 2.97. The largest absolute Gasteiger partial charge is 0.333 e. The van der Waals surface area contributed by atoms with Crippen LogP contribution in [0.2, 0.25) is 0 Å². The number of piperazine rings is 1. The maximum Gasteiger partial charge on any atom is 0.226 e. The number of rotatable bonds is 5. The molecule has 0 saturated carbocycles. The third-order valence-corrected chi connectivity index (χ3v) is 4.31. The average molecular weight is 289 g/mol. The van der Waals surface area contributed by atoms with E-state index in [0.717, 1.165) is 32.5 Å². The molecule has 2 N–H and O–H groups in total. The molecular formula is C17H27N3O. The Morgan fingerprint density at radius 2 is 2.05 bits per heavy atom. The zero-order valence-corrected chi connectivity index (χ0v) is 13.2. The molecule has 1 amide bonds. The van der Waals surface area contributed by atoms with Gasteiger partial charge in [-0.2, -0.15) is 0 Å². The van der Waals surface area contributed by atoms with Gasteiger partial charge in [0, 0.05) is 25.6 Å². The van der Waals surface area contributed by atoms with E-state index in [0.29, 0.717) is 6.54 Å². The van der Waals surface area contributed by atoms with Gasteiger partial charge in [-0.15, -0.1) is 0 Å². The van der Waals surface area contributed by atoms with Gasteiger partial charge in [0.25, 0.3) is 0 Å². The zero-order chi connectivity index (χ0) is 15.2. The summed E-state index contributed by atoms with van der Waals surface area (Å²) in [7, 11) is 2.12. The number of hydrogen-bond donors (Lipinski definition) is 1. The van der Waals surface area contributed by atoms with Crippen molar-refractivity contribution in [2.75, 3.05) is 33.2 Å². The number of benzene rings is 1. The molecule has 116 valence electrons. The molecule has 0 spiro atoms. The molecule has 0 aliphatic carbocycles. The van der Waals surface area contributed by atoms with Crippen LogP contribution in [-0.2, 0) is 4.79 Å². The van der Waals surface area contributed by atoms with Crippen molar-refractivity contribution in [3.05, 3.63) is 35.9 Å². The van der Waals surface area contributed by atoms with Crippen LogP contribution in [0.5, 0.6) is 0 Å². The van der Waals surface area contributed by atoms with Crippen molar-refractivity contribution < 1.29 is 4.79 Å². The number of nitrogens with two attached hydrogens (primary N) is 1. The highest BCUT2D eigenvalue weighted by atomic mass is 16.2. The second-order valence-electron chi connectivity index (χ2n) is 6.05. The van der Waals surface area contributed by atoms with Crippen LogP contribution in [0.15, 0.2) is 30.3 Å². The first kappa shape index (κ1) is 16.0. The summed E-state index contributed by atoms with van der Waals surface area (Å²) in [5, 5.41) is 0. The van der Waals surface area contributed by atoms with Gasteiger partial charge >= 0.3 is 0 Å². The van der Waals surface area contributed by atoms with E-state index < -0.39 is 0 Å². The van der Waals surface area contributed by atoms with Gasteiger partial charge in [-0.25, -0.2) is 0 Å². The van der Waals surface area contributed by atoms with Crippen LogP contribution in [0, 0.1) is 5.92 Å². The van der Waals surface area contributed by atoms with Crippen molar-refractivity contribution in [1.29, 1.82) is 0 Å². The predicted molar refractivity (Wildman–Crippen MR) is 85.8 cm³/mol. The van der Waals surface area contributed by atoms with E-state index in [4.69, 9.17) is 5.73 Å². The SMILES string of the molecule is CC(CCCN)C(=O)N1CCN(C)CC1c1ccccc1. The quantitative estimate of drug-likeness (QED) is 0.900. The van der Waals surface area contributed by atoms with E-state index >= 15 is 0 Å². The summed E-state index contributed by atoms with van der Waals surface area (Å²) >= 11 is 0. The fraction of sp³-hybridized carbons (Fsp3) is 0.588. The van der Waals surface area contributed by atoms with E-state index in [9.17, 15) is 4.79 Å². The van der Waals surface area contributed by atoms with Gasteiger partial charge in [-0.3, -0.25) is 4.79 Å². The molecule has 1 fully saturated rings. The van der Waals surface area contributed by atoms with Gasteiger partial charge < -0.3 is 15.5 Å². The molecule has 1 aliphatic heterocycles. The normalized spacial score (nSPS) is 21.3. The number of carbonyl (C=O) groups excluding carboxylic acids is 1. The highest BCUT2D eigenvalue weighted by Gasteiger charge is 2.32. The lowest BCUT2D eigenvalue weighted by molar-refractivity contribution is -0.140. The monoisotopic (exact) mass is 289 g/mol. The topological polar surface area (TPSA) is 49.6 Å². The van der Waals surface area contributed by atoms with Gasteiger partial charge in [0.15, 0.2) is 0 Å². The lowest BCUT2D eigenvalue weighted by Crippen LogP contribution is -2.50. The number of hydrogen-bond acceptors (Lipinski definition) is 3. The summed E-state index contributed by atoms with van der Waals surface area (Å²) in [5.74, 6) is 0.327. The lowest BCUT2D eigenvalue weighted by atomic mass is 9.98. The summed E-state index contributed by atoms with van der Waals surface area (Å²) in [6.07, 6.45) is 1.79. The van der Waals surface area contributed by atoms with Crippen molar-refractivity contribution in [2.24, 2.45) is 11.7 Å². The predicted octanol–water partition coefficient (Wildman–Crippen LogP) is 1.88. The van der Waals surface area contributed by atoms with Crippen molar-refractivity contribution in [3.63, 3.8) is 0 Å². The van der Waals surface area contributed by atoms with Gasteiger partial charge in [-0.05, 0) is 32.0 Å². The van der Waals surface area contributed by atoms with Crippen LogP contribution in [0.1, 0.15) is 31.4 Å². The molecule has 1 saturated heterocycles. The molecule has 2 unspecified atom stereocenters. The van der Waals surface area contributed by atoms with Crippen LogP contribution < -0.4 is 5.73 Å². The number of amides is 1. The Bertz CT molecular complexity index is 449. The minimum Gasteiger partial charge on any atom is -0.333 e. The molecule has 1 aromatic rings. The van der Waals surface area contributed by atoms with E-state index in [1.54, 1.807) is 0 Å². The summed E-state index contributed by atoms with van der Waals surface area (Å²) < 4.78 is 0. The highest BCUT2D eigenvalue weighted by molar-refractivity contribution is 5.79. The summed E-state index contributed by atoms with van der Waals surface area (Å²) in [6.45, 7) is 5.33.